The van der Waals surface area contributed by atoms with Gasteiger partial charge >= 0.3 is 6.18 Å². The monoisotopic (exact) mass is 227 g/mol. The zero-order chi connectivity index (χ0) is 11.8. The molecular weight excluding hydrogens is 216 g/mol. The highest BCUT2D eigenvalue weighted by molar-refractivity contribution is 6.54. The zero-order valence-corrected chi connectivity index (χ0v) is 8.83. The lowest BCUT2D eigenvalue weighted by Crippen LogP contribution is -2.38. The lowest BCUT2D eigenvalue weighted by Gasteiger charge is -2.36. The number of aryl methyl sites for hydroxylation is 1. The van der Waals surface area contributed by atoms with Crippen LogP contribution in [0.2, 0.25) is 5.82 Å². The highest BCUT2D eigenvalue weighted by Crippen LogP contribution is 2.47. The van der Waals surface area contributed by atoms with Gasteiger partial charge in [0.2, 0.25) is 0 Å². The summed E-state index contributed by atoms with van der Waals surface area (Å²) >= 11 is 0. The maximum absolute atomic E-state index is 12.2. The van der Waals surface area contributed by atoms with Gasteiger partial charge in [0.25, 0.3) is 0 Å². The maximum Gasteiger partial charge on any atom is 0.391 e. The summed E-state index contributed by atoms with van der Waals surface area (Å²) in [4.78, 5) is 8.13. The molecule has 1 aliphatic rings. The van der Waals surface area contributed by atoms with E-state index in [4.69, 9.17) is 0 Å². The minimum Gasteiger partial charge on any atom is -0.269 e. The number of hydrogen-bond acceptors (Lipinski definition) is 2. The van der Waals surface area contributed by atoms with Crippen molar-refractivity contribution in [2.24, 2.45) is 5.92 Å². The second kappa shape index (κ2) is 4.07. The summed E-state index contributed by atoms with van der Waals surface area (Å²) in [7, 11) is 1.77. The Morgan fingerprint density at radius 3 is 2.44 bits per heavy atom. The Bertz CT molecular complexity index is 357. The minimum atomic E-state index is -4.04. The highest BCUT2D eigenvalue weighted by Gasteiger charge is 2.47. The first-order chi connectivity index (χ1) is 7.45. The van der Waals surface area contributed by atoms with Crippen molar-refractivity contribution in [1.82, 2.24) is 9.97 Å². The van der Waals surface area contributed by atoms with Crippen LogP contribution in [0, 0.1) is 12.8 Å². The topological polar surface area (TPSA) is 25.8 Å². The Balaban J connectivity index is 1.84. The summed E-state index contributed by atoms with van der Waals surface area (Å²) in [5.41, 5.74) is 1.47. The normalized spacial score (nSPS) is 25.0. The molecule has 0 amide bonds. The molecule has 0 N–H and O–H groups in total. The number of aromatic nitrogens is 2. The molecule has 1 radical (unpaired) electrons. The second-order valence-electron chi connectivity index (χ2n) is 4.22. The van der Waals surface area contributed by atoms with Crippen molar-refractivity contribution in [2.75, 3.05) is 0 Å². The van der Waals surface area contributed by atoms with E-state index in [-0.39, 0.29) is 18.7 Å². The lowest BCUT2D eigenvalue weighted by molar-refractivity contribution is -0.193. The van der Waals surface area contributed by atoms with Gasteiger partial charge in [0.15, 0.2) is 7.28 Å². The molecule has 1 aromatic heterocycles. The van der Waals surface area contributed by atoms with Crippen molar-refractivity contribution in [3.8, 4) is 0 Å². The Kier molecular flexibility index (Phi) is 2.91. The number of alkyl halides is 3. The van der Waals surface area contributed by atoms with E-state index in [2.05, 4.69) is 9.97 Å². The SMILES string of the molecule is Cc1cnc([B]C2CC(C(F)(F)F)C2)cn1. The average Bonchev–Trinajstić information content (AvgIpc) is 2.11. The van der Waals surface area contributed by atoms with Gasteiger partial charge in [0.05, 0.1) is 11.6 Å². The van der Waals surface area contributed by atoms with Crippen molar-refractivity contribution in [3.05, 3.63) is 18.1 Å². The third-order valence-corrected chi connectivity index (χ3v) is 2.84. The van der Waals surface area contributed by atoms with Crippen molar-refractivity contribution in [2.45, 2.75) is 31.8 Å². The van der Waals surface area contributed by atoms with Crippen LogP contribution in [0.25, 0.3) is 0 Å². The fourth-order valence-electron chi connectivity index (χ4n) is 1.80. The third-order valence-electron chi connectivity index (χ3n) is 2.84. The second-order valence-corrected chi connectivity index (χ2v) is 4.22. The summed E-state index contributed by atoms with van der Waals surface area (Å²) in [6, 6.07) is 0. The fraction of sp³-hybridized carbons (Fsp3) is 0.600. The third kappa shape index (κ3) is 2.54. The van der Waals surface area contributed by atoms with E-state index in [1.807, 2.05) is 6.92 Å². The van der Waals surface area contributed by atoms with E-state index in [1.54, 1.807) is 19.7 Å². The van der Waals surface area contributed by atoms with Gasteiger partial charge in [-0.05, 0) is 19.8 Å². The van der Waals surface area contributed by atoms with Gasteiger partial charge in [-0.3, -0.25) is 9.97 Å². The van der Waals surface area contributed by atoms with Crippen LogP contribution >= 0.6 is 0 Å². The first kappa shape index (κ1) is 11.4. The summed E-state index contributed by atoms with van der Waals surface area (Å²) in [6.45, 7) is 1.82. The van der Waals surface area contributed by atoms with E-state index < -0.39 is 12.1 Å². The molecule has 2 rings (SSSR count). The predicted molar refractivity (Wildman–Crippen MR) is 54.7 cm³/mol. The molecule has 0 atom stereocenters. The minimum absolute atomic E-state index is 0.0105. The van der Waals surface area contributed by atoms with Crippen LogP contribution in [-0.4, -0.2) is 23.4 Å². The van der Waals surface area contributed by atoms with Crippen LogP contribution in [0.15, 0.2) is 12.4 Å². The van der Waals surface area contributed by atoms with Crippen molar-refractivity contribution < 1.29 is 13.2 Å². The van der Waals surface area contributed by atoms with Gasteiger partial charge < -0.3 is 0 Å². The number of rotatable bonds is 2. The van der Waals surface area contributed by atoms with Crippen LogP contribution in [0.3, 0.4) is 0 Å². The molecule has 1 heterocycles. The molecule has 1 aromatic rings. The standard InChI is InChI=1S/C10H11BF3N2/c1-6-4-16-9(5-15-6)11-8-2-7(3-8)10(12,13)14/h4-5,7-8H,2-3H2,1H3. The van der Waals surface area contributed by atoms with Crippen LogP contribution < -0.4 is 5.59 Å². The molecule has 85 valence electrons. The molecule has 6 heteroatoms. The molecule has 0 aliphatic heterocycles. The average molecular weight is 227 g/mol. The Morgan fingerprint density at radius 1 is 1.25 bits per heavy atom. The highest BCUT2D eigenvalue weighted by atomic mass is 19.4. The van der Waals surface area contributed by atoms with Gasteiger partial charge in [-0.25, -0.2) is 0 Å². The Hall–Kier alpha value is -1.07. The number of halogens is 3. The predicted octanol–water partition coefficient (Wildman–Crippen LogP) is 1.88. The van der Waals surface area contributed by atoms with E-state index in [0.29, 0.717) is 5.59 Å². The van der Waals surface area contributed by atoms with Crippen molar-refractivity contribution in [1.29, 1.82) is 0 Å². The van der Waals surface area contributed by atoms with Gasteiger partial charge in [-0.1, -0.05) is 5.82 Å². The number of nitrogens with zero attached hydrogens (tertiary/aromatic N) is 2. The Labute approximate surface area is 92.5 Å². The molecular formula is C10H11BF3N2. The fourth-order valence-corrected chi connectivity index (χ4v) is 1.80. The summed E-state index contributed by atoms with van der Waals surface area (Å²) in [5.74, 6) is -1.14. The molecule has 16 heavy (non-hydrogen) atoms. The van der Waals surface area contributed by atoms with Gasteiger partial charge in [-0.15, -0.1) is 0 Å². The van der Waals surface area contributed by atoms with Gasteiger partial charge in [0.1, 0.15) is 0 Å². The summed E-state index contributed by atoms with van der Waals surface area (Å²) < 4.78 is 36.7. The van der Waals surface area contributed by atoms with Crippen molar-refractivity contribution >= 4 is 12.9 Å². The first-order valence-corrected chi connectivity index (χ1v) is 5.15. The van der Waals surface area contributed by atoms with Crippen LogP contribution in [-0.2, 0) is 0 Å². The molecule has 2 nitrogen and oxygen atoms in total. The largest absolute Gasteiger partial charge is 0.391 e. The quantitative estimate of drug-likeness (QED) is 0.720. The molecule has 0 unspecified atom stereocenters. The van der Waals surface area contributed by atoms with Crippen LogP contribution in [0.1, 0.15) is 18.5 Å². The number of hydrogen-bond donors (Lipinski definition) is 0. The van der Waals surface area contributed by atoms with Gasteiger partial charge in [-0.2, -0.15) is 13.2 Å². The summed E-state index contributed by atoms with van der Waals surface area (Å²) in [6.07, 6.45) is -0.469. The molecule has 0 saturated heterocycles. The molecule has 1 aliphatic carbocycles. The zero-order valence-electron chi connectivity index (χ0n) is 8.83. The maximum atomic E-state index is 12.2. The van der Waals surface area contributed by atoms with Gasteiger partial charge in [0, 0.05) is 18.0 Å². The van der Waals surface area contributed by atoms with Crippen molar-refractivity contribution in [3.63, 3.8) is 0 Å². The molecule has 0 bridgehead atoms. The van der Waals surface area contributed by atoms with E-state index in [9.17, 15) is 13.2 Å². The van der Waals surface area contributed by atoms with E-state index in [0.717, 1.165) is 5.69 Å². The molecule has 0 aromatic carbocycles. The Morgan fingerprint density at radius 2 is 1.94 bits per heavy atom. The molecule has 1 fully saturated rings. The van der Waals surface area contributed by atoms with E-state index >= 15 is 0 Å². The van der Waals surface area contributed by atoms with Crippen LogP contribution in [0.4, 0.5) is 13.2 Å². The lowest BCUT2D eigenvalue weighted by atomic mass is 9.50. The summed E-state index contributed by atoms with van der Waals surface area (Å²) in [5, 5.41) is 0. The first-order valence-electron chi connectivity index (χ1n) is 5.15. The van der Waals surface area contributed by atoms with E-state index in [1.165, 1.54) is 0 Å². The smallest absolute Gasteiger partial charge is 0.269 e. The molecule has 1 saturated carbocycles. The van der Waals surface area contributed by atoms with Crippen LogP contribution in [0.5, 0.6) is 0 Å². The molecule has 0 spiro atoms.